The zero-order valence-corrected chi connectivity index (χ0v) is 17.0. The molecule has 0 bridgehead atoms. The summed E-state index contributed by atoms with van der Waals surface area (Å²) < 4.78 is 18.8. The third-order valence-electron chi connectivity index (χ3n) is 4.15. The van der Waals surface area contributed by atoms with Crippen LogP contribution in [-0.4, -0.2) is 32.3 Å². The molecular weight excluding hydrogens is 401 g/mol. The van der Waals surface area contributed by atoms with E-state index in [0.717, 1.165) is 0 Å². The molecule has 1 amide bonds. The Morgan fingerprint density at radius 3 is 2.74 bits per heavy atom. The summed E-state index contributed by atoms with van der Waals surface area (Å²) in [6, 6.07) is 9.47. The number of aromatic nitrogens is 3. The molecule has 3 aromatic rings. The van der Waals surface area contributed by atoms with Crippen LogP contribution in [0.1, 0.15) is 30.9 Å². The minimum absolute atomic E-state index is 0.0536. The number of allylic oxidation sites excluding steroid dienone is 1. The fourth-order valence-corrected chi connectivity index (χ4v) is 2.44. The van der Waals surface area contributed by atoms with Crippen molar-refractivity contribution in [2.75, 3.05) is 5.32 Å². The lowest BCUT2D eigenvalue weighted by Gasteiger charge is -2.17. The van der Waals surface area contributed by atoms with Crippen LogP contribution in [-0.2, 0) is 11.3 Å². The standard InChI is InChI=1S/C21H22FN7O2/c1-21(2,24)20(30)28-18-7-9-25-19(27-18)15(23)11-17(16-8-10-31-29-16)26-12-13-5-3-4-6-14(13)22/h3-11,23,26H,12,24H2,1-2H3,(H,25,27,28,30)/b17-11-,23-15?. The smallest absolute Gasteiger partial charge is 0.245 e. The van der Waals surface area contributed by atoms with E-state index >= 15 is 0 Å². The lowest BCUT2D eigenvalue weighted by Crippen LogP contribution is -2.45. The van der Waals surface area contributed by atoms with Gasteiger partial charge in [-0.3, -0.25) is 10.2 Å². The second-order valence-corrected chi connectivity index (χ2v) is 7.24. The summed E-state index contributed by atoms with van der Waals surface area (Å²) in [5.74, 6) is -0.483. The van der Waals surface area contributed by atoms with Crippen LogP contribution in [0.15, 0.2) is 59.5 Å². The van der Waals surface area contributed by atoms with E-state index in [1.54, 1.807) is 38.1 Å². The van der Waals surface area contributed by atoms with Gasteiger partial charge in [0.1, 0.15) is 29.3 Å². The molecule has 2 aromatic heterocycles. The van der Waals surface area contributed by atoms with Crippen LogP contribution < -0.4 is 16.4 Å². The SMILES string of the molecule is CC(C)(N)C(=O)Nc1ccnc(C(=N)/C=C(\NCc2ccccc2F)c2ccon2)n1. The van der Waals surface area contributed by atoms with Gasteiger partial charge >= 0.3 is 0 Å². The van der Waals surface area contributed by atoms with Gasteiger partial charge in [0.2, 0.25) is 5.91 Å². The summed E-state index contributed by atoms with van der Waals surface area (Å²) >= 11 is 0. The van der Waals surface area contributed by atoms with Crippen LogP contribution in [0, 0.1) is 11.2 Å². The predicted molar refractivity (Wildman–Crippen MR) is 113 cm³/mol. The average molecular weight is 423 g/mol. The average Bonchev–Trinajstić information content (AvgIpc) is 3.26. The molecule has 0 unspecified atom stereocenters. The molecule has 9 nitrogen and oxygen atoms in total. The summed E-state index contributed by atoms with van der Waals surface area (Å²) in [7, 11) is 0. The minimum Gasteiger partial charge on any atom is -0.379 e. The number of nitrogens with one attached hydrogen (secondary N) is 3. The number of carbonyl (C=O) groups is 1. The second kappa shape index (κ2) is 9.26. The Kier molecular flexibility index (Phi) is 6.51. The van der Waals surface area contributed by atoms with Gasteiger partial charge in [0, 0.05) is 24.4 Å². The summed E-state index contributed by atoms with van der Waals surface area (Å²) in [6.45, 7) is 3.31. The number of amides is 1. The maximum Gasteiger partial charge on any atom is 0.245 e. The first-order valence-electron chi connectivity index (χ1n) is 9.36. The van der Waals surface area contributed by atoms with Gasteiger partial charge in [0.25, 0.3) is 0 Å². The van der Waals surface area contributed by atoms with Gasteiger partial charge in [-0.15, -0.1) is 0 Å². The number of nitrogens with two attached hydrogens (primary N) is 1. The Bertz CT molecular complexity index is 1100. The molecule has 10 heteroatoms. The molecule has 0 radical (unpaired) electrons. The minimum atomic E-state index is -1.09. The Balaban J connectivity index is 1.82. The molecule has 0 aliphatic heterocycles. The maximum absolute atomic E-state index is 13.9. The van der Waals surface area contributed by atoms with Crippen LogP contribution in [0.5, 0.6) is 0 Å². The quantitative estimate of drug-likeness (QED) is 0.408. The van der Waals surface area contributed by atoms with Gasteiger partial charge in [-0.2, -0.15) is 0 Å². The van der Waals surface area contributed by atoms with Crippen molar-refractivity contribution in [2.45, 2.75) is 25.9 Å². The number of halogens is 1. The predicted octanol–water partition coefficient (Wildman–Crippen LogP) is 2.48. The van der Waals surface area contributed by atoms with E-state index < -0.39 is 11.4 Å². The lowest BCUT2D eigenvalue weighted by molar-refractivity contribution is -0.120. The number of anilines is 1. The molecule has 5 N–H and O–H groups in total. The van der Waals surface area contributed by atoms with Crippen molar-refractivity contribution >= 4 is 23.1 Å². The van der Waals surface area contributed by atoms with E-state index in [4.69, 9.17) is 15.7 Å². The zero-order valence-electron chi connectivity index (χ0n) is 17.0. The van der Waals surface area contributed by atoms with E-state index in [1.165, 1.54) is 30.7 Å². The zero-order chi connectivity index (χ0) is 22.4. The highest BCUT2D eigenvalue weighted by Gasteiger charge is 2.22. The van der Waals surface area contributed by atoms with Crippen LogP contribution in [0.25, 0.3) is 5.70 Å². The van der Waals surface area contributed by atoms with Crippen molar-refractivity contribution in [2.24, 2.45) is 5.73 Å². The summed E-state index contributed by atoms with van der Waals surface area (Å²) in [6.07, 6.45) is 4.26. The van der Waals surface area contributed by atoms with E-state index in [2.05, 4.69) is 25.8 Å². The molecular formula is C21H22FN7O2. The number of carbonyl (C=O) groups excluding carboxylic acids is 1. The molecule has 0 saturated carbocycles. The number of hydrogen-bond acceptors (Lipinski definition) is 8. The van der Waals surface area contributed by atoms with Crippen molar-refractivity contribution in [3.05, 3.63) is 77.8 Å². The van der Waals surface area contributed by atoms with Crippen molar-refractivity contribution in [1.82, 2.24) is 20.4 Å². The molecule has 0 aliphatic rings. The number of rotatable bonds is 8. The van der Waals surface area contributed by atoms with Crippen LogP contribution >= 0.6 is 0 Å². The van der Waals surface area contributed by atoms with Gasteiger partial charge in [-0.1, -0.05) is 23.4 Å². The van der Waals surface area contributed by atoms with E-state index in [9.17, 15) is 9.18 Å². The molecule has 160 valence electrons. The first kappa shape index (κ1) is 21.8. The van der Waals surface area contributed by atoms with Crippen LogP contribution in [0.3, 0.4) is 0 Å². The van der Waals surface area contributed by atoms with E-state index in [0.29, 0.717) is 17.0 Å². The number of nitrogens with zero attached hydrogens (tertiary/aromatic N) is 3. The highest BCUT2D eigenvalue weighted by atomic mass is 19.1. The molecule has 0 saturated heterocycles. The Labute approximate surface area is 178 Å². The Morgan fingerprint density at radius 2 is 2.06 bits per heavy atom. The largest absolute Gasteiger partial charge is 0.379 e. The first-order chi connectivity index (χ1) is 14.7. The lowest BCUT2D eigenvalue weighted by atomic mass is 10.1. The van der Waals surface area contributed by atoms with Crippen LogP contribution in [0.4, 0.5) is 10.2 Å². The molecule has 2 heterocycles. The molecule has 0 atom stereocenters. The molecule has 0 fully saturated rings. The molecule has 3 rings (SSSR count). The van der Waals surface area contributed by atoms with Crippen molar-refractivity contribution < 1.29 is 13.7 Å². The van der Waals surface area contributed by atoms with Crippen molar-refractivity contribution in [3.63, 3.8) is 0 Å². The maximum atomic E-state index is 13.9. The van der Waals surface area contributed by atoms with Gasteiger partial charge in [0.15, 0.2) is 5.82 Å². The van der Waals surface area contributed by atoms with Gasteiger partial charge < -0.3 is 20.9 Å². The third-order valence-corrected chi connectivity index (χ3v) is 4.15. The number of benzene rings is 1. The van der Waals surface area contributed by atoms with Crippen molar-refractivity contribution in [1.29, 1.82) is 5.41 Å². The van der Waals surface area contributed by atoms with Gasteiger partial charge in [-0.05, 0) is 32.1 Å². The summed E-state index contributed by atoms with van der Waals surface area (Å²) in [5, 5.41) is 17.9. The fourth-order valence-electron chi connectivity index (χ4n) is 2.44. The van der Waals surface area contributed by atoms with Crippen LogP contribution in [0.2, 0.25) is 0 Å². The van der Waals surface area contributed by atoms with Crippen molar-refractivity contribution in [3.8, 4) is 0 Å². The fraction of sp³-hybridized carbons (Fsp3) is 0.190. The Morgan fingerprint density at radius 1 is 1.29 bits per heavy atom. The second-order valence-electron chi connectivity index (χ2n) is 7.24. The molecule has 0 aliphatic carbocycles. The van der Waals surface area contributed by atoms with E-state index in [1.807, 2.05) is 0 Å². The number of hydrogen-bond donors (Lipinski definition) is 4. The molecule has 1 aromatic carbocycles. The normalized spacial score (nSPS) is 11.8. The molecule has 31 heavy (non-hydrogen) atoms. The summed E-state index contributed by atoms with van der Waals surface area (Å²) in [5.41, 5.74) is 5.94. The van der Waals surface area contributed by atoms with E-state index in [-0.39, 0.29) is 29.7 Å². The topological polar surface area (TPSA) is 143 Å². The highest BCUT2D eigenvalue weighted by molar-refractivity contribution is 6.08. The first-order valence-corrected chi connectivity index (χ1v) is 9.36. The highest BCUT2D eigenvalue weighted by Crippen LogP contribution is 2.14. The third kappa shape index (κ3) is 5.80. The Hall–Kier alpha value is -3.92. The molecule has 0 spiro atoms. The summed E-state index contributed by atoms with van der Waals surface area (Å²) in [4.78, 5) is 20.3. The monoisotopic (exact) mass is 423 g/mol. The van der Waals surface area contributed by atoms with Gasteiger partial charge in [0.05, 0.1) is 11.2 Å². The van der Waals surface area contributed by atoms with Gasteiger partial charge in [-0.25, -0.2) is 14.4 Å².